The molecule has 0 saturated heterocycles. The molecule has 0 aliphatic carbocycles. The van der Waals surface area contributed by atoms with Gasteiger partial charge in [-0.3, -0.25) is 0 Å². The van der Waals surface area contributed by atoms with E-state index in [2.05, 4.69) is 52.0 Å². The molecular weight excluding hydrogens is 508 g/mol. The minimum atomic E-state index is -0.172. The Morgan fingerprint density at radius 1 is 0.415 bits per heavy atom. The molecule has 0 aliphatic rings. The third-order valence-electron chi connectivity index (χ3n) is 7.85. The summed E-state index contributed by atoms with van der Waals surface area (Å²) in [6.45, 7) is 8.80. The first-order chi connectivity index (χ1) is 19.5. The van der Waals surface area contributed by atoms with E-state index in [1.165, 1.54) is 11.1 Å². The van der Waals surface area contributed by atoms with Gasteiger partial charge in [0.25, 0.3) is 0 Å². The second kappa shape index (κ2) is 12.2. The molecule has 4 N–H and O–H groups in total. The van der Waals surface area contributed by atoms with Gasteiger partial charge in [0.2, 0.25) is 0 Å². The maximum absolute atomic E-state index is 9.58. The fourth-order valence-electron chi connectivity index (χ4n) is 4.91. The number of hydrogen-bond donors (Lipinski definition) is 4. The van der Waals surface area contributed by atoms with Gasteiger partial charge in [-0.25, -0.2) is 0 Å². The van der Waals surface area contributed by atoms with Crippen molar-refractivity contribution < 1.29 is 20.4 Å². The molecule has 210 valence electrons. The van der Waals surface area contributed by atoms with Gasteiger partial charge in [0.15, 0.2) is 0 Å². The maximum atomic E-state index is 9.58. The molecule has 5 aromatic rings. The van der Waals surface area contributed by atoms with Gasteiger partial charge in [-0.1, -0.05) is 113 Å². The van der Waals surface area contributed by atoms with Crippen molar-refractivity contribution in [1.82, 2.24) is 0 Å². The van der Waals surface area contributed by atoms with Crippen LogP contribution in [0.25, 0.3) is 0 Å². The molecule has 0 atom stereocenters. The van der Waals surface area contributed by atoms with Crippen molar-refractivity contribution in [3.8, 4) is 23.0 Å². The Labute approximate surface area is 242 Å². The average molecular weight is 547 g/mol. The zero-order valence-electron chi connectivity index (χ0n) is 24.0. The van der Waals surface area contributed by atoms with E-state index in [1.54, 1.807) is 48.5 Å². The van der Waals surface area contributed by atoms with Crippen molar-refractivity contribution in [2.75, 3.05) is 0 Å². The van der Waals surface area contributed by atoms with Crippen molar-refractivity contribution in [1.29, 1.82) is 0 Å². The number of hydrogen-bond acceptors (Lipinski definition) is 4. The van der Waals surface area contributed by atoms with E-state index in [4.69, 9.17) is 0 Å². The molecule has 4 heteroatoms. The van der Waals surface area contributed by atoms with Crippen LogP contribution >= 0.6 is 0 Å². The van der Waals surface area contributed by atoms with Crippen LogP contribution in [0.5, 0.6) is 23.0 Å². The van der Waals surface area contributed by atoms with E-state index < -0.39 is 0 Å². The second-order valence-corrected chi connectivity index (χ2v) is 11.4. The Bertz CT molecular complexity index is 1470. The van der Waals surface area contributed by atoms with Crippen LogP contribution in [-0.2, 0) is 17.3 Å². The molecule has 0 aromatic heterocycles. The first kappa shape index (κ1) is 29.3. The summed E-state index contributed by atoms with van der Waals surface area (Å²) in [5, 5.41) is 38.3. The highest BCUT2D eigenvalue weighted by molar-refractivity contribution is 5.46. The number of phenols is 4. The van der Waals surface area contributed by atoms with Gasteiger partial charge in [0.1, 0.15) is 23.0 Å². The Hall–Kier alpha value is -4.70. The lowest BCUT2D eigenvalue weighted by atomic mass is 9.73. The van der Waals surface area contributed by atoms with Crippen LogP contribution in [0.3, 0.4) is 0 Å². The molecule has 5 rings (SSSR count). The molecule has 0 radical (unpaired) electrons. The van der Waals surface area contributed by atoms with Gasteiger partial charge < -0.3 is 20.4 Å². The molecule has 0 spiro atoms. The van der Waals surface area contributed by atoms with Gasteiger partial charge in [-0.05, 0) is 69.8 Å². The second-order valence-electron chi connectivity index (χ2n) is 11.4. The van der Waals surface area contributed by atoms with Gasteiger partial charge in [-0.15, -0.1) is 0 Å². The fraction of sp³-hybridized carbons (Fsp3) is 0.189. The standard InChI is InChI=1S/C24H26O2.C13H12O2/c1-23(2,17-8-12-21(25)13-9-17)19-6-5-7-20(16-19)24(3,4)18-10-14-22(26)15-11-18;14-12-7-3-1-5-10(12)9-11-6-2-4-8-13(11)15/h5-16,25-26H,1-4H3;1-8,14-15H,9H2. The third-order valence-corrected chi connectivity index (χ3v) is 7.85. The molecule has 41 heavy (non-hydrogen) atoms. The van der Waals surface area contributed by atoms with E-state index in [0.717, 1.165) is 22.3 Å². The third kappa shape index (κ3) is 6.90. The smallest absolute Gasteiger partial charge is 0.119 e. The van der Waals surface area contributed by atoms with E-state index in [-0.39, 0.29) is 33.8 Å². The van der Waals surface area contributed by atoms with Gasteiger partial charge >= 0.3 is 0 Å². The molecule has 0 aliphatic heterocycles. The number of aromatic hydroxyl groups is 4. The molecule has 0 saturated carbocycles. The summed E-state index contributed by atoms with van der Waals surface area (Å²) in [6, 6.07) is 37.8. The number of benzene rings is 5. The van der Waals surface area contributed by atoms with Gasteiger partial charge in [0, 0.05) is 17.3 Å². The summed E-state index contributed by atoms with van der Waals surface area (Å²) in [6.07, 6.45) is 0.541. The lowest BCUT2D eigenvalue weighted by Crippen LogP contribution is -2.22. The lowest BCUT2D eigenvalue weighted by Gasteiger charge is -2.31. The first-order valence-electron chi connectivity index (χ1n) is 13.7. The minimum Gasteiger partial charge on any atom is -0.508 e. The normalized spacial score (nSPS) is 11.4. The summed E-state index contributed by atoms with van der Waals surface area (Å²) in [7, 11) is 0. The summed E-state index contributed by atoms with van der Waals surface area (Å²) in [5.74, 6) is 1.10. The predicted octanol–water partition coefficient (Wildman–Crippen LogP) is 8.44. The van der Waals surface area contributed by atoms with Crippen LogP contribution < -0.4 is 0 Å². The zero-order valence-corrected chi connectivity index (χ0v) is 24.0. The van der Waals surface area contributed by atoms with Gasteiger partial charge in [0.05, 0.1) is 0 Å². The molecule has 0 fully saturated rings. The highest BCUT2D eigenvalue weighted by Gasteiger charge is 2.27. The monoisotopic (exact) mass is 546 g/mol. The molecular formula is C37H38O4. The summed E-state index contributed by atoms with van der Waals surface area (Å²) in [4.78, 5) is 0. The van der Waals surface area contributed by atoms with Crippen LogP contribution in [0.4, 0.5) is 0 Å². The molecule has 4 nitrogen and oxygen atoms in total. The Balaban J connectivity index is 0.000000218. The van der Waals surface area contributed by atoms with Crippen LogP contribution in [0.1, 0.15) is 61.1 Å². The predicted molar refractivity (Wildman–Crippen MR) is 166 cm³/mol. The van der Waals surface area contributed by atoms with Crippen LogP contribution in [-0.4, -0.2) is 20.4 Å². The maximum Gasteiger partial charge on any atom is 0.119 e. The topological polar surface area (TPSA) is 80.9 Å². The van der Waals surface area contributed by atoms with Crippen molar-refractivity contribution in [3.63, 3.8) is 0 Å². The Morgan fingerprint density at radius 3 is 1.15 bits per heavy atom. The molecule has 0 bridgehead atoms. The van der Waals surface area contributed by atoms with Crippen molar-refractivity contribution >= 4 is 0 Å². The Kier molecular flexibility index (Phi) is 8.73. The van der Waals surface area contributed by atoms with E-state index in [9.17, 15) is 20.4 Å². The molecule has 0 heterocycles. The highest BCUT2D eigenvalue weighted by atomic mass is 16.3. The largest absolute Gasteiger partial charge is 0.508 e. The number of phenolic OH excluding ortho intramolecular Hbond substituents is 4. The van der Waals surface area contributed by atoms with E-state index >= 15 is 0 Å². The minimum absolute atomic E-state index is 0.172. The Morgan fingerprint density at radius 2 is 0.780 bits per heavy atom. The lowest BCUT2D eigenvalue weighted by molar-refractivity contribution is 0.463. The molecule has 0 unspecified atom stereocenters. The van der Waals surface area contributed by atoms with Crippen LogP contribution in [0.15, 0.2) is 121 Å². The highest BCUT2D eigenvalue weighted by Crippen LogP contribution is 2.37. The summed E-state index contributed by atoms with van der Waals surface area (Å²) < 4.78 is 0. The van der Waals surface area contributed by atoms with E-state index in [0.29, 0.717) is 6.42 Å². The average Bonchev–Trinajstić information content (AvgIpc) is 2.96. The van der Waals surface area contributed by atoms with Crippen LogP contribution in [0.2, 0.25) is 0 Å². The van der Waals surface area contributed by atoms with E-state index in [1.807, 2.05) is 48.5 Å². The first-order valence-corrected chi connectivity index (χ1v) is 13.7. The zero-order chi connectivity index (χ0) is 29.6. The van der Waals surface area contributed by atoms with Crippen molar-refractivity contribution in [3.05, 3.63) is 155 Å². The van der Waals surface area contributed by atoms with Crippen LogP contribution in [0, 0.1) is 0 Å². The number of rotatable bonds is 6. The quantitative estimate of drug-likeness (QED) is 0.172. The van der Waals surface area contributed by atoms with Crippen molar-refractivity contribution in [2.45, 2.75) is 44.9 Å². The SMILES string of the molecule is CC(C)(c1ccc(O)cc1)c1cccc(C(C)(C)c2ccc(O)cc2)c1.Oc1ccccc1Cc1ccccc1O. The van der Waals surface area contributed by atoms with Gasteiger partial charge in [-0.2, -0.15) is 0 Å². The summed E-state index contributed by atoms with van der Waals surface area (Å²) in [5.41, 5.74) is 6.08. The molecule has 5 aromatic carbocycles. The summed E-state index contributed by atoms with van der Waals surface area (Å²) >= 11 is 0. The fourth-order valence-corrected chi connectivity index (χ4v) is 4.91. The van der Waals surface area contributed by atoms with Crippen molar-refractivity contribution in [2.24, 2.45) is 0 Å². The number of para-hydroxylation sites is 2. The molecule has 0 amide bonds.